The third-order valence-electron chi connectivity index (χ3n) is 1.51. The third kappa shape index (κ3) is 2.45. The molecule has 0 radical (unpaired) electrons. The Morgan fingerprint density at radius 1 is 1.53 bits per heavy atom. The Bertz CT molecular complexity index is 490. The van der Waals surface area contributed by atoms with Crippen LogP contribution >= 0.6 is 22.7 Å². The molecule has 0 saturated heterocycles. The SMILES string of the molecule is O=[N+]([O-])c1ccc(/C=N/c2nccs2)s1. The van der Waals surface area contributed by atoms with Gasteiger partial charge in [0.25, 0.3) is 0 Å². The van der Waals surface area contributed by atoms with E-state index in [2.05, 4.69) is 9.98 Å². The number of aromatic nitrogens is 1. The van der Waals surface area contributed by atoms with Gasteiger partial charge in [0.1, 0.15) is 0 Å². The van der Waals surface area contributed by atoms with Crippen LogP contribution in [0.3, 0.4) is 0 Å². The van der Waals surface area contributed by atoms with E-state index in [1.807, 2.05) is 5.38 Å². The van der Waals surface area contributed by atoms with Crippen LogP contribution in [-0.4, -0.2) is 16.1 Å². The maximum Gasteiger partial charge on any atom is 0.324 e. The molecule has 0 aliphatic rings. The molecule has 0 bridgehead atoms. The third-order valence-corrected chi connectivity index (χ3v) is 3.16. The van der Waals surface area contributed by atoms with Crippen LogP contribution in [-0.2, 0) is 0 Å². The number of thiazole rings is 1. The molecule has 76 valence electrons. The van der Waals surface area contributed by atoms with Gasteiger partial charge in [-0.3, -0.25) is 10.1 Å². The molecule has 0 N–H and O–H groups in total. The molecule has 0 unspecified atom stereocenters. The lowest BCUT2D eigenvalue weighted by Crippen LogP contribution is -1.80. The smallest absolute Gasteiger partial charge is 0.258 e. The number of hydrogen-bond acceptors (Lipinski definition) is 6. The van der Waals surface area contributed by atoms with Gasteiger partial charge < -0.3 is 0 Å². The number of hydrogen-bond donors (Lipinski definition) is 0. The second kappa shape index (κ2) is 4.28. The van der Waals surface area contributed by atoms with Crippen molar-refractivity contribution < 1.29 is 4.92 Å². The van der Waals surface area contributed by atoms with Crippen LogP contribution in [0.4, 0.5) is 10.1 Å². The lowest BCUT2D eigenvalue weighted by Gasteiger charge is -1.82. The standard InChI is InChI=1S/C8H5N3O2S2/c12-11(13)7-2-1-6(15-7)5-10-8-9-3-4-14-8/h1-5H/b10-5+. The first-order chi connectivity index (χ1) is 7.25. The largest absolute Gasteiger partial charge is 0.324 e. The summed E-state index contributed by atoms with van der Waals surface area (Å²) in [5, 5.41) is 13.0. The van der Waals surface area contributed by atoms with Crippen LogP contribution in [0.15, 0.2) is 28.7 Å². The molecular formula is C8H5N3O2S2. The minimum Gasteiger partial charge on any atom is -0.258 e. The Hall–Kier alpha value is -1.60. The highest BCUT2D eigenvalue weighted by Gasteiger charge is 2.07. The first kappa shape index (κ1) is 9.94. The highest BCUT2D eigenvalue weighted by Crippen LogP contribution is 2.23. The molecule has 0 aliphatic carbocycles. The molecule has 15 heavy (non-hydrogen) atoms. The fraction of sp³-hybridized carbons (Fsp3) is 0. The van der Waals surface area contributed by atoms with Crippen LogP contribution in [0.1, 0.15) is 4.88 Å². The summed E-state index contributed by atoms with van der Waals surface area (Å²) in [5.41, 5.74) is 0. The highest BCUT2D eigenvalue weighted by atomic mass is 32.1. The van der Waals surface area contributed by atoms with Gasteiger partial charge in [0.15, 0.2) is 0 Å². The molecule has 0 aliphatic heterocycles. The van der Waals surface area contributed by atoms with E-state index < -0.39 is 4.92 Å². The Morgan fingerprint density at radius 2 is 2.40 bits per heavy atom. The number of rotatable bonds is 3. The second-order valence-electron chi connectivity index (χ2n) is 2.51. The van der Waals surface area contributed by atoms with Crippen LogP contribution < -0.4 is 0 Å². The maximum absolute atomic E-state index is 10.4. The number of nitrogens with zero attached hydrogens (tertiary/aromatic N) is 3. The summed E-state index contributed by atoms with van der Waals surface area (Å²) >= 11 is 2.51. The summed E-state index contributed by atoms with van der Waals surface area (Å²) in [4.78, 5) is 18.8. The van der Waals surface area contributed by atoms with E-state index in [-0.39, 0.29) is 5.00 Å². The van der Waals surface area contributed by atoms with Crippen molar-refractivity contribution in [2.45, 2.75) is 0 Å². The summed E-state index contributed by atoms with van der Waals surface area (Å²) in [6.07, 6.45) is 3.24. The van der Waals surface area contributed by atoms with Crippen LogP contribution in [0.2, 0.25) is 0 Å². The van der Waals surface area contributed by atoms with E-state index in [0.29, 0.717) is 5.13 Å². The van der Waals surface area contributed by atoms with Crippen LogP contribution in [0.5, 0.6) is 0 Å². The topological polar surface area (TPSA) is 68.4 Å². The van der Waals surface area contributed by atoms with Crippen molar-refractivity contribution in [3.05, 3.63) is 38.7 Å². The molecule has 2 aromatic heterocycles. The molecule has 5 nitrogen and oxygen atoms in total. The monoisotopic (exact) mass is 239 g/mol. The second-order valence-corrected chi connectivity index (χ2v) is 4.47. The van der Waals surface area contributed by atoms with Gasteiger partial charge in [-0.15, -0.1) is 11.3 Å². The van der Waals surface area contributed by atoms with E-state index in [1.54, 1.807) is 18.5 Å². The van der Waals surface area contributed by atoms with Crippen molar-refractivity contribution in [3.8, 4) is 0 Å². The summed E-state index contributed by atoms with van der Waals surface area (Å²) in [6, 6.07) is 3.13. The van der Waals surface area contributed by atoms with Gasteiger partial charge in [-0.05, 0) is 6.07 Å². The predicted molar refractivity (Wildman–Crippen MR) is 60.3 cm³/mol. The van der Waals surface area contributed by atoms with E-state index in [1.165, 1.54) is 17.4 Å². The van der Waals surface area contributed by atoms with Crippen LogP contribution in [0, 0.1) is 10.1 Å². The van der Waals surface area contributed by atoms with Gasteiger partial charge in [-0.2, -0.15) is 0 Å². The molecule has 0 amide bonds. The van der Waals surface area contributed by atoms with Gasteiger partial charge in [-0.1, -0.05) is 11.3 Å². The molecular weight excluding hydrogens is 234 g/mol. The van der Waals surface area contributed by atoms with Gasteiger partial charge in [0.05, 0.1) is 9.80 Å². The first-order valence-electron chi connectivity index (χ1n) is 3.93. The fourth-order valence-electron chi connectivity index (χ4n) is 0.908. The summed E-state index contributed by atoms with van der Waals surface area (Å²) in [5.74, 6) is 0. The minimum absolute atomic E-state index is 0.121. The van der Waals surface area contributed by atoms with Gasteiger partial charge in [0.2, 0.25) is 5.13 Å². The average Bonchev–Trinajstić information content (AvgIpc) is 2.86. The Labute approximate surface area is 92.9 Å². The van der Waals surface area contributed by atoms with E-state index in [4.69, 9.17) is 0 Å². The molecule has 0 saturated carbocycles. The quantitative estimate of drug-likeness (QED) is 0.470. The van der Waals surface area contributed by atoms with Crippen molar-refractivity contribution in [2.24, 2.45) is 4.99 Å². The Kier molecular flexibility index (Phi) is 2.84. The molecule has 2 rings (SSSR count). The number of nitro groups is 1. The van der Waals surface area contributed by atoms with Crippen molar-refractivity contribution in [1.82, 2.24) is 4.98 Å². The molecule has 2 aromatic rings. The zero-order chi connectivity index (χ0) is 10.7. The van der Waals surface area contributed by atoms with E-state index >= 15 is 0 Å². The van der Waals surface area contributed by atoms with Gasteiger partial charge >= 0.3 is 5.00 Å². The van der Waals surface area contributed by atoms with Crippen molar-refractivity contribution in [3.63, 3.8) is 0 Å². The Balaban J connectivity index is 2.14. The molecule has 7 heteroatoms. The number of aliphatic imine (C=N–C) groups is 1. The minimum atomic E-state index is -0.411. The zero-order valence-corrected chi connectivity index (χ0v) is 8.99. The lowest BCUT2D eigenvalue weighted by molar-refractivity contribution is -0.380. The summed E-state index contributed by atoms with van der Waals surface area (Å²) in [7, 11) is 0. The first-order valence-corrected chi connectivity index (χ1v) is 5.63. The van der Waals surface area contributed by atoms with Crippen molar-refractivity contribution >= 4 is 39.0 Å². The van der Waals surface area contributed by atoms with Gasteiger partial charge in [0, 0.05) is 23.9 Å². The Morgan fingerprint density at radius 3 is 3.00 bits per heavy atom. The maximum atomic E-state index is 10.4. The predicted octanol–water partition coefficient (Wildman–Crippen LogP) is 2.86. The van der Waals surface area contributed by atoms with Crippen molar-refractivity contribution in [2.75, 3.05) is 0 Å². The van der Waals surface area contributed by atoms with E-state index in [9.17, 15) is 10.1 Å². The average molecular weight is 239 g/mol. The fourth-order valence-corrected chi connectivity index (χ4v) is 2.08. The summed E-state index contributed by atoms with van der Waals surface area (Å²) in [6.45, 7) is 0. The highest BCUT2D eigenvalue weighted by molar-refractivity contribution is 7.17. The van der Waals surface area contributed by atoms with Gasteiger partial charge in [-0.25, -0.2) is 9.98 Å². The summed E-state index contributed by atoms with van der Waals surface area (Å²) < 4.78 is 0. The zero-order valence-electron chi connectivity index (χ0n) is 7.36. The molecule has 0 atom stereocenters. The van der Waals surface area contributed by atoms with E-state index in [0.717, 1.165) is 16.2 Å². The molecule has 2 heterocycles. The normalized spacial score (nSPS) is 10.9. The molecule has 0 spiro atoms. The molecule has 0 fully saturated rings. The van der Waals surface area contributed by atoms with Crippen LogP contribution in [0.25, 0.3) is 0 Å². The van der Waals surface area contributed by atoms with Crippen molar-refractivity contribution in [1.29, 1.82) is 0 Å². The number of thiophene rings is 1. The lowest BCUT2D eigenvalue weighted by atomic mass is 10.5. The molecule has 0 aromatic carbocycles.